The van der Waals surface area contributed by atoms with E-state index >= 15 is 0 Å². The van der Waals surface area contributed by atoms with Crippen molar-refractivity contribution in [1.29, 1.82) is 0 Å². The third kappa shape index (κ3) is 5.09. The lowest BCUT2D eigenvalue weighted by atomic mass is 9.98. The number of hydrogen-bond acceptors (Lipinski definition) is 6. The van der Waals surface area contributed by atoms with Crippen molar-refractivity contribution < 1.29 is 24.2 Å². The minimum absolute atomic E-state index is 0.0302. The minimum atomic E-state index is -1.05. The number of nitrogens with zero attached hydrogens (tertiary/aromatic N) is 1. The number of fused-ring (bicyclic) bond motifs is 3. The number of alkyl carbamates (subject to hydrolysis) is 1. The van der Waals surface area contributed by atoms with Crippen LogP contribution in [-0.2, 0) is 16.1 Å². The smallest absolute Gasteiger partial charge is 0.407 e. The Labute approximate surface area is 201 Å². The fraction of sp³-hybridized carbons (Fsp3) is 0.280. The van der Waals surface area contributed by atoms with Gasteiger partial charge in [0, 0.05) is 12.5 Å². The van der Waals surface area contributed by atoms with Gasteiger partial charge in [-0.25, -0.2) is 14.6 Å². The molecule has 3 aromatic rings. The Kier molecular flexibility index (Phi) is 7.22. The molecule has 0 radical (unpaired) electrons. The molecular formula is C25H25N3O5S. The highest BCUT2D eigenvalue weighted by molar-refractivity contribution is 7.13. The molecule has 0 fully saturated rings. The molecule has 4 rings (SSSR count). The normalized spacial score (nSPS) is 13.0. The van der Waals surface area contributed by atoms with E-state index in [1.165, 1.54) is 6.20 Å². The van der Waals surface area contributed by atoms with Crippen molar-refractivity contribution in [3.63, 3.8) is 0 Å². The van der Waals surface area contributed by atoms with E-state index in [0.717, 1.165) is 33.6 Å². The summed E-state index contributed by atoms with van der Waals surface area (Å²) in [7, 11) is 0. The van der Waals surface area contributed by atoms with Crippen LogP contribution in [0.5, 0.6) is 0 Å². The molecule has 8 nitrogen and oxygen atoms in total. The molecule has 176 valence electrons. The number of carboxylic acid groups (broad SMARTS) is 1. The predicted octanol–water partition coefficient (Wildman–Crippen LogP) is 4.02. The SMILES string of the molecule is CCC(CNC(=O)OCC1c2ccccc2-c2ccccc21)C(=O)NCc1ncc(C(=O)O)s1. The second kappa shape index (κ2) is 10.5. The van der Waals surface area contributed by atoms with Gasteiger partial charge in [-0.15, -0.1) is 11.3 Å². The average molecular weight is 480 g/mol. The van der Waals surface area contributed by atoms with Crippen LogP contribution in [0.4, 0.5) is 4.79 Å². The Bertz CT molecular complexity index is 1160. The van der Waals surface area contributed by atoms with E-state index in [9.17, 15) is 14.4 Å². The Morgan fingerprint density at radius 2 is 1.71 bits per heavy atom. The van der Waals surface area contributed by atoms with E-state index in [1.54, 1.807) is 0 Å². The highest BCUT2D eigenvalue weighted by Gasteiger charge is 2.29. The monoisotopic (exact) mass is 479 g/mol. The van der Waals surface area contributed by atoms with Crippen molar-refractivity contribution in [3.05, 3.63) is 75.7 Å². The van der Waals surface area contributed by atoms with E-state index in [1.807, 2.05) is 31.2 Å². The van der Waals surface area contributed by atoms with E-state index in [4.69, 9.17) is 9.84 Å². The summed E-state index contributed by atoms with van der Waals surface area (Å²) >= 11 is 1.01. The molecule has 1 heterocycles. The number of thiazole rings is 1. The van der Waals surface area contributed by atoms with E-state index in [2.05, 4.69) is 39.9 Å². The van der Waals surface area contributed by atoms with Crippen LogP contribution in [0.2, 0.25) is 0 Å². The number of carboxylic acids is 1. The third-order valence-corrected chi connectivity index (χ3v) is 6.86. The maximum absolute atomic E-state index is 12.5. The molecule has 0 aliphatic heterocycles. The second-order valence-electron chi connectivity index (χ2n) is 7.95. The van der Waals surface area contributed by atoms with E-state index in [0.29, 0.717) is 11.4 Å². The molecule has 1 aromatic heterocycles. The number of nitrogens with one attached hydrogen (secondary N) is 2. The fourth-order valence-corrected chi connectivity index (χ4v) is 4.77. The Morgan fingerprint density at radius 1 is 1.06 bits per heavy atom. The Balaban J connectivity index is 1.27. The molecule has 1 aliphatic rings. The molecule has 3 N–H and O–H groups in total. The molecule has 34 heavy (non-hydrogen) atoms. The quantitative estimate of drug-likeness (QED) is 0.427. The third-order valence-electron chi connectivity index (χ3n) is 5.88. The average Bonchev–Trinajstić information content (AvgIpc) is 3.45. The second-order valence-corrected chi connectivity index (χ2v) is 9.07. The molecule has 0 saturated heterocycles. The van der Waals surface area contributed by atoms with Gasteiger partial charge >= 0.3 is 12.1 Å². The number of amides is 2. The molecule has 0 saturated carbocycles. The van der Waals surface area contributed by atoms with Gasteiger partial charge in [-0.2, -0.15) is 0 Å². The molecule has 9 heteroatoms. The van der Waals surface area contributed by atoms with E-state index < -0.39 is 18.0 Å². The van der Waals surface area contributed by atoms with Crippen LogP contribution in [0, 0.1) is 5.92 Å². The van der Waals surface area contributed by atoms with Crippen molar-refractivity contribution in [2.75, 3.05) is 13.2 Å². The summed E-state index contributed by atoms with van der Waals surface area (Å²) < 4.78 is 5.52. The van der Waals surface area contributed by atoms with Gasteiger partial charge in [0.25, 0.3) is 0 Å². The van der Waals surface area contributed by atoms with Gasteiger partial charge < -0.3 is 20.5 Å². The first-order valence-electron chi connectivity index (χ1n) is 11.0. The highest BCUT2D eigenvalue weighted by atomic mass is 32.1. The Morgan fingerprint density at radius 3 is 2.29 bits per heavy atom. The van der Waals surface area contributed by atoms with Crippen LogP contribution >= 0.6 is 11.3 Å². The van der Waals surface area contributed by atoms with Crippen LogP contribution in [0.3, 0.4) is 0 Å². The zero-order valence-corrected chi connectivity index (χ0v) is 19.4. The largest absolute Gasteiger partial charge is 0.477 e. The lowest BCUT2D eigenvalue weighted by Gasteiger charge is -2.17. The fourth-order valence-electron chi connectivity index (χ4n) is 4.08. The summed E-state index contributed by atoms with van der Waals surface area (Å²) in [5, 5.41) is 14.9. The molecule has 0 bridgehead atoms. The zero-order valence-electron chi connectivity index (χ0n) is 18.6. The number of aromatic carboxylic acids is 1. The first kappa shape index (κ1) is 23.4. The Hall–Kier alpha value is -3.72. The summed E-state index contributed by atoms with van der Waals surface area (Å²) in [6.45, 7) is 2.34. The number of carbonyl (C=O) groups is 3. The van der Waals surface area contributed by atoms with Crippen molar-refractivity contribution in [1.82, 2.24) is 15.6 Å². The number of carbonyl (C=O) groups excluding carboxylic acids is 2. The van der Waals surface area contributed by atoms with Crippen LogP contribution in [-0.4, -0.2) is 41.2 Å². The molecular weight excluding hydrogens is 454 g/mol. The zero-order chi connectivity index (χ0) is 24.1. The van der Waals surface area contributed by atoms with E-state index in [-0.39, 0.29) is 36.4 Å². The molecule has 1 unspecified atom stereocenters. The van der Waals surface area contributed by atoms with Crippen LogP contribution in [0.25, 0.3) is 11.1 Å². The summed E-state index contributed by atoms with van der Waals surface area (Å²) in [4.78, 5) is 39.9. The van der Waals surface area contributed by atoms with Gasteiger partial charge in [0.2, 0.25) is 5.91 Å². The summed E-state index contributed by atoms with van der Waals surface area (Å²) in [6.07, 6.45) is 1.22. The van der Waals surface area contributed by atoms with Crippen molar-refractivity contribution in [2.45, 2.75) is 25.8 Å². The minimum Gasteiger partial charge on any atom is -0.477 e. The van der Waals surface area contributed by atoms with Gasteiger partial charge in [-0.3, -0.25) is 4.79 Å². The lowest BCUT2D eigenvalue weighted by molar-refractivity contribution is -0.125. The van der Waals surface area contributed by atoms with Crippen LogP contribution in [0.1, 0.15) is 45.1 Å². The van der Waals surface area contributed by atoms with Crippen molar-refractivity contribution in [2.24, 2.45) is 5.92 Å². The van der Waals surface area contributed by atoms with Gasteiger partial charge in [0.1, 0.15) is 16.5 Å². The summed E-state index contributed by atoms with van der Waals surface area (Å²) in [6, 6.07) is 16.2. The van der Waals surface area contributed by atoms with Crippen molar-refractivity contribution in [3.8, 4) is 11.1 Å². The predicted molar refractivity (Wildman–Crippen MR) is 128 cm³/mol. The van der Waals surface area contributed by atoms with Gasteiger partial charge in [0.05, 0.1) is 18.7 Å². The van der Waals surface area contributed by atoms with Gasteiger partial charge in [-0.05, 0) is 28.7 Å². The van der Waals surface area contributed by atoms with Crippen LogP contribution < -0.4 is 10.6 Å². The van der Waals surface area contributed by atoms with Crippen LogP contribution in [0.15, 0.2) is 54.7 Å². The first-order chi connectivity index (χ1) is 16.5. The van der Waals surface area contributed by atoms with Crippen molar-refractivity contribution >= 4 is 29.3 Å². The standard InChI is InChI=1S/C25H25N3O5S/c1-2-15(23(29)27-13-22-26-12-21(34-22)24(30)31)11-28-25(32)33-14-20-18-9-5-3-7-16(18)17-8-4-6-10-19(17)20/h3-10,12,15,20H,2,11,13-14H2,1H3,(H,27,29)(H,28,32)(H,30,31). The lowest BCUT2D eigenvalue weighted by Crippen LogP contribution is -2.38. The first-order valence-corrected chi connectivity index (χ1v) is 11.8. The molecule has 0 spiro atoms. The number of hydrogen-bond donors (Lipinski definition) is 3. The summed E-state index contributed by atoms with van der Waals surface area (Å²) in [5.41, 5.74) is 4.59. The highest BCUT2D eigenvalue weighted by Crippen LogP contribution is 2.44. The molecule has 1 atom stereocenters. The topological polar surface area (TPSA) is 118 Å². The van der Waals surface area contributed by atoms with Gasteiger partial charge in [0.15, 0.2) is 0 Å². The summed E-state index contributed by atoms with van der Waals surface area (Å²) in [5.74, 6) is -1.76. The molecule has 2 amide bonds. The maximum atomic E-state index is 12.5. The number of benzene rings is 2. The maximum Gasteiger partial charge on any atom is 0.407 e. The van der Waals surface area contributed by atoms with Gasteiger partial charge in [-0.1, -0.05) is 55.5 Å². The molecule has 2 aromatic carbocycles. The molecule has 1 aliphatic carbocycles. The number of aromatic nitrogens is 1. The number of ether oxygens (including phenoxy) is 1. The number of rotatable bonds is 9.